The lowest BCUT2D eigenvalue weighted by molar-refractivity contribution is -0.119. The second-order valence-electron chi connectivity index (χ2n) is 9.17. The summed E-state index contributed by atoms with van der Waals surface area (Å²) < 4.78 is 27.5. The molecule has 1 amide bonds. The first-order valence-corrected chi connectivity index (χ1v) is 10.6. The minimum absolute atomic E-state index is 0.269. The zero-order chi connectivity index (χ0) is 22.2. The van der Waals surface area contributed by atoms with E-state index in [1.807, 2.05) is 27.7 Å². The number of anilines is 1. The highest BCUT2D eigenvalue weighted by molar-refractivity contribution is 6.34. The maximum absolute atomic E-state index is 13.8. The summed E-state index contributed by atoms with van der Waals surface area (Å²) >= 11 is 6.81. The lowest BCUT2D eigenvalue weighted by Crippen LogP contribution is -2.26. The van der Waals surface area contributed by atoms with Crippen molar-refractivity contribution in [2.24, 2.45) is 11.1 Å². The number of amides is 1. The third kappa shape index (κ3) is 4.77. The molecule has 0 aromatic heterocycles. The van der Waals surface area contributed by atoms with Gasteiger partial charge in [0, 0.05) is 19.5 Å². The SMILES string of the molecule is Cc1cc(N2CCCc3cc(F)c(F)cc3C2)c(Cl)c(C)c1CC(C)(C)CC(N)=O. The highest BCUT2D eigenvalue weighted by atomic mass is 35.5. The second-order valence-corrected chi connectivity index (χ2v) is 9.55. The first kappa shape index (κ1) is 22.5. The van der Waals surface area contributed by atoms with Gasteiger partial charge in [-0.1, -0.05) is 25.4 Å². The van der Waals surface area contributed by atoms with Gasteiger partial charge in [-0.3, -0.25) is 4.79 Å². The Kier molecular flexibility index (Phi) is 6.42. The largest absolute Gasteiger partial charge is 0.370 e. The highest BCUT2D eigenvalue weighted by Crippen LogP contribution is 2.38. The molecule has 1 aliphatic heterocycles. The number of primary amides is 1. The molecule has 0 radical (unpaired) electrons. The molecule has 0 unspecified atom stereocenters. The van der Waals surface area contributed by atoms with Crippen LogP contribution in [0.2, 0.25) is 5.02 Å². The molecule has 162 valence electrons. The van der Waals surface area contributed by atoms with Gasteiger partial charge in [0.15, 0.2) is 11.6 Å². The Morgan fingerprint density at radius 3 is 2.43 bits per heavy atom. The predicted molar refractivity (Wildman–Crippen MR) is 118 cm³/mol. The van der Waals surface area contributed by atoms with Crippen molar-refractivity contribution in [3.63, 3.8) is 0 Å². The number of nitrogens with zero attached hydrogens (tertiary/aromatic N) is 1. The van der Waals surface area contributed by atoms with Crippen LogP contribution in [-0.2, 0) is 24.2 Å². The molecule has 3 nitrogen and oxygen atoms in total. The Balaban J connectivity index is 1.95. The number of nitrogens with two attached hydrogens (primary N) is 1. The molecule has 1 aliphatic rings. The summed E-state index contributed by atoms with van der Waals surface area (Å²) in [5.41, 5.74) is 10.9. The van der Waals surface area contributed by atoms with Gasteiger partial charge in [0.05, 0.1) is 10.7 Å². The van der Waals surface area contributed by atoms with E-state index in [-0.39, 0.29) is 11.3 Å². The average Bonchev–Trinajstić information content (AvgIpc) is 2.83. The minimum atomic E-state index is -0.818. The standard InChI is InChI=1S/C24H29ClF2N2O/c1-14-8-21(23(25)15(2)18(14)11-24(3,4)12-22(28)30)29-7-5-6-16-9-19(26)20(27)10-17(16)13-29/h8-10H,5-7,11-13H2,1-4H3,(H2,28,30). The Bertz CT molecular complexity index is 988. The van der Waals surface area contributed by atoms with E-state index >= 15 is 0 Å². The third-order valence-electron chi connectivity index (χ3n) is 5.96. The van der Waals surface area contributed by atoms with E-state index in [0.717, 1.165) is 46.5 Å². The first-order valence-electron chi connectivity index (χ1n) is 10.3. The fraction of sp³-hybridized carbons (Fsp3) is 0.458. The number of halogens is 3. The zero-order valence-electron chi connectivity index (χ0n) is 18.0. The van der Waals surface area contributed by atoms with Gasteiger partial charge in [-0.05, 0) is 84.5 Å². The molecule has 6 heteroatoms. The minimum Gasteiger partial charge on any atom is -0.370 e. The van der Waals surface area contributed by atoms with Crippen molar-refractivity contribution in [1.29, 1.82) is 0 Å². The predicted octanol–water partition coefficient (Wildman–Crippen LogP) is 5.63. The summed E-state index contributed by atoms with van der Waals surface area (Å²) in [5, 5.41) is 0.663. The number of rotatable bonds is 5. The Hall–Kier alpha value is -2.14. The van der Waals surface area contributed by atoms with Crippen LogP contribution in [0.5, 0.6) is 0 Å². The lowest BCUT2D eigenvalue weighted by atomic mass is 9.80. The summed E-state index contributed by atoms with van der Waals surface area (Å²) in [6.45, 7) is 9.33. The van der Waals surface area contributed by atoms with Crippen LogP contribution in [0.15, 0.2) is 18.2 Å². The monoisotopic (exact) mass is 434 g/mol. The van der Waals surface area contributed by atoms with Crippen molar-refractivity contribution < 1.29 is 13.6 Å². The highest BCUT2D eigenvalue weighted by Gasteiger charge is 2.26. The molecule has 0 fully saturated rings. The molecule has 0 saturated heterocycles. The quantitative estimate of drug-likeness (QED) is 0.662. The van der Waals surface area contributed by atoms with E-state index in [0.29, 0.717) is 30.8 Å². The van der Waals surface area contributed by atoms with Crippen molar-refractivity contribution in [2.45, 2.75) is 59.9 Å². The van der Waals surface area contributed by atoms with Crippen LogP contribution < -0.4 is 10.6 Å². The van der Waals surface area contributed by atoms with Crippen molar-refractivity contribution in [3.8, 4) is 0 Å². The maximum Gasteiger partial charge on any atom is 0.217 e. The molecule has 3 rings (SSSR count). The summed E-state index contributed by atoms with van der Waals surface area (Å²) in [6.07, 6.45) is 2.54. The number of carbonyl (C=O) groups is 1. The molecule has 0 aliphatic carbocycles. The van der Waals surface area contributed by atoms with Gasteiger partial charge in [0.1, 0.15) is 0 Å². The molecule has 0 saturated carbocycles. The number of fused-ring (bicyclic) bond motifs is 1. The Labute approximate surface area is 182 Å². The average molecular weight is 435 g/mol. The van der Waals surface area contributed by atoms with Crippen LogP contribution in [-0.4, -0.2) is 12.5 Å². The summed E-state index contributed by atoms with van der Waals surface area (Å²) in [6, 6.07) is 4.68. The third-order valence-corrected chi connectivity index (χ3v) is 6.44. The Morgan fingerprint density at radius 2 is 1.80 bits per heavy atom. The van der Waals surface area contributed by atoms with Gasteiger partial charge in [0.25, 0.3) is 0 Å². The van der Waals surface area contributed by atoms with Gasteiger partial charge in [0.2, 0.25) is 5.91 Å². The zero-order valence-corrected chi connectivity index (χ0v) is 18.8. The normalized spacial score (nSPS) is 14.4. The van der Waals surface area contributed by atoms with Crippen LogP contribution in [0.1, 0.15) is 54.5 Å². The van der Waals surface area contributed by atoms with Crippen molar-refractivity contribution in [3.05, 3.63) is 62.7 Å². The van der Waals surface area contributed by atoms with Crippen LogP contribution in [0.4, 0.5) is 14.5 Å². The topological polar surface area (TPSA) is 46.3 Å². The van der Waals surface area contributed by atoms with Crippen LogP contribution in [0.25, 0.3) is 0 Å². The fourth-order valence-electron chi connectivity index (χ4n) is 4.45. The molecular weight excluding hydrogens is 406 g/mol. The van der Waals surface area contributed by atoms with E-state index in [1.54, 1.807) is 0 Å². The molecule has 30 heavy (non-hydrogen) atoms. The van der Waals surface area contributed by atoms with Gasteiger partial charge in [-0.15, -0.1) is 0 Å². The molecule has 0 bridgehead atoms. The van der Waals surface area contributed by atoms with E-state index in [9.17, 15) is 13.6 Å². The Morgan fingerprint density at radius 1 is 1.17 bits per heavy atom. The van der Waals surface area contributed by atoms with Gasteiger partial charge in [-0.2, -0.15) is 0 Å². The molecular formula is C24H29ClF2N2O. The van der Waals surface area contributed by atoms with Crippen molar-refractivity contribution >= 4 is 23.2 Å². The summed E-state index contributed by atoms with van der Waals surface area (Å²) in [4.78, 5) is 13.6. The first-order chi connectivity index (χ1) is 14.0. The number of hydrogen-bond donors (Lipinski definition) is 1. The van der Waals surface area contributed by atoms with Gasteiger partial charge in [-0.25, -0.2) is 8.78 Å². The number of carbonyl (C=O) groups excluding carboxylic acids is 1. The van der Waals surface area contributed by atoms with E-state index in [4.69, 9.17) is 17.3 Å². The van der Waals surface area contributed by atoms with Gasteiger partial charge >= 0.3 is 0 Å². The summed E-state index contributed by atoms with van der Waals surface area (Å²) in [5.74, 6) is -1.93. The summed E-state index contributed by atoms with van der Waals surface area (Å²) in [7, 11) is 0. The van der Waals surface area contributed by atoms with Gasteiger partial charge < -0.3 is 10.6 Å². The molecule has 2 aromatic carbocycles. The fourth-order valence-corrected chi connectivity index (χ4v) is 4.74. The molecule has 0 atom stereocenters. The van der Waals surface area contributed by atoms with Crippen molar-refractivity contribution in [2.75, 3.05) is 11.4 Å². The number of hydrogen-bond acceptors (Lipinski definition) is 2. The van der Waals surface area contributed by atoms with Crippen LogP contribution in [0.3, 0.4) is 0 Å². The molecule has 1 heterocycles. The maximum atomic E-state index is 13.8. The lowest BCUT2D eigenvalue weighted by Gasteiger charge is -2.29. The van der Waals surface area contributed by atoms with E-state index in [2.05, 4.69) is 11.0 Å². The van der Waals surface area contributed by atoms with E-state index < -0.39 is 11.6 Å². The molecule has 2 aromatic rings. The molecule has 2 N–H and O–H groups in total. The van der Waals surface area contributed by atoms with Crippen LogP contribution in [0, 0.1) is 30.9 Å². The number of aryl methyl sites for hydroxylation is 2. The van der Waals surface area contributed by atoms with Crippen molar-refractivity contribution in [1.82, 2.24) is 0 Å². The smallest absolute Gasteiger partial charge is 0.217 e. The second kappa shape index (κ2) is 8.54. The van der Waals surface area contributed by atoms with Crippen LogP contribution >= 0.6 is 11.6 Å². The van der Waals surface area contributed by atoms with E-state index in [1.165, 1.54) is 12.1 Å². The number of benzene rings is 2. The molecule has 0 spiro atoms.